The van der Waals surface area contributed by atoms with Gasteiger partial charge in [-0.3, -0.25) is 4.79 Å². The van der Waals surface area contributed by atoms with Crippen molar-refractivity contribution < 1.29 is 29.2 Å². The third kappa shape index (κ3) is 8.03. The summed E-state index contributed by atoms with van der Waals surface area (Å²) in [5.74, 6) is -3.46. The van der Waals surface area contributed by atoms with E-state index in [1.54, 1.807) is 46.0 Å². The molecule has 0 saturated carbocycles. The van der Waals surface area contributed by atoms with Crippen molar-refractivity contribution in [1.82, 2.24) is 21.3 Å². The van der Waals surface area contributed by atoms with Gasteiger partial charge in [0.05, 0.1) is 5.70 Å². The van der Waals surface area contributed by atoms with Crippen LogP contribution in [0.2, 0.25) is 0 Å². The molecule has 1 aliphatic rings. The van der Waals surface area contributed by atoms with E-state index in [0.29, 0.717) is 28.5 Å². The second-order valence-electron chi connectivity index (χ2n) is 8.79. The highest BCUT2D eigenvalue weighted by molar-refractivity contribution is 5.93. The Morgan fingerprint density at radius 1 is 1.15 bits per heavy atom. The molecule has 0 saturated heterocycles. The lowest BCUT2D eigenvalue weighted by Gasteiger charge is -2.29. The second kappa shape index (κ2) is 10.9. The van der Waals surface area contributed by atoms with Gasteiger partial charge in [0, 0.05) is 41.7 Å². The number of benzene rings is 1. The smallest absolute Gasteiger partial charge is 0.277 e. The largest absolute Gasteiger partial charge is 0.473 e. The molecule has 1 aliphatic heterocycles. The summed E-state index contributed by atoms with van der Waals surface area (Å²) in [5, 5.41) is 39.2. The molecule has 34 heavy (non-hydrogen) atoms. The van der Waals surface area contributed by atoms with Crippen LogP contribution in [0, 0.1) is 12.7 Å². The van der Waals surface area contributed by atoms with Crippen LogP contribution in [0.5, 0.6) is 0 Å². The van der Waals surface area contributed by atoms with Gasteiger partial charge >= 0.3 is 0 Å². The molecule has 11 heteroatoms. The average Bonchev–Trinajstić information content (AvgIpc) is 2.73. The number of nitrogens with two attached hydrogens (primary N) is 1. The predicted octanol–water partition coefficient (Wildman–Crippen LogP) is 0.569. The molecule has 1 amide bonds. The molecule has 1 unspecified atom stereocenters. The number of nitrogens with one attached hydrogen (secondary N) is 4. The maximum absolute atomic E-state index is 14.2. The lowest BCUT2D eigenvalue weighted by atomic mass is 9.97. The Balaban J connectivity index is 2.19. The first kappa shape index (κ1) is 27.1. The summed E-state index contributed by atoms with van der Waals surface area (Å²) < 4.78 is 20.1. The van der Waals surface area contributed by atoms with Gasteiger partial charge in [0.2, 0.25) is 5.88 Å². The van der Waals surface area contributed by atoms with Crippen LogP contribution >= 0.6 is 0 Å². The number of aliphatic hydroxyl groups is 3. The van der Waals surface area contributed by atoms with Crippen LogP contribution in [0.15, 0.2) is 53.1 Å². The van der Waals surface area contributed by atoms with E-state index in [1.807, 2.05) is 0 Å². The van der Waals surface area contributed by atoms with Crippen LogP contribution in [-0.2, 0) is 16.1 Å². The van der Waals surface area contributed by atoms with Gasteiger partial charge in [-0.15, -0.1) is 0 Å². The number of halogens is 1. The number of amides is 1. The SMILES string of the molecule is CC1=CNC(C(=O)NCC(C)(N)CC(O)(O)O)=C(C)NC(C)=C(OCc2c(C)cccc2F)N1. The first-order valence-electron chi connectivity index (χ1n) is 10.7. The van der Waals surface area contributed by atoms with E-state index in [9.17, 15) is 24.5 Å². The predicted molar refractivity (Wildman–Crippen MR) is 124 cm³/mol. The van der Waals surface area contributed by atoms with Crippen molar-refractivity contribution in [2.24, 2.45) is 5.73 Å². The molecule has 1 aromatic carbocycles. The van der Waals surface area contributed by atoms with Gasteiger partial charge in [0.1, 0.15) is 18.1 Å². The van der Waals surface area contributed by atoms with Crippen LogP contribution in [0.4, 0.5) is 4.39 Å². The highest BCUT2D eigenvalue weighted by Gasteiger charge is 2.32. The maximum Gasteiger partial charge on any atom is 0.277 e. The molecule has 0 fully saturated rings. The average molecular weight is 480 g/mol. The Morgan fingerprint density at radius 2 is 1.82 bits per heavy atom. The summed E-state index contributed by atoms with van der Waals surface area (Å²) in [4.78, 5) is 12.8. The highest BCUT2D eigenvalue weighted by Crippen LogP contribution is 2.18. The lowest BCUT2D eigenvalue weighted by Crippen LogP contribution is -2.53. The van der Waals surface area contributed by atoms with Gasteiger partial charge in [-0.2, -0.15) is 0 Å². The maximum atomic E-state index is 14.2. The third-order valence-corrected chi connectivity index (χ3v) is 5.07. The number of carbonyl (C=O) groups excluding carboxylic acids is 1. The fraction of sp³-hybridized carbons (Fsp3) is 0.435. The Labute approximate surface area is 198 Å². The molecule has 1 atom stereocenters. The molecular weight excluding hydrogens is 445 g/mol. The first-order valence-corrected chi connectivity index (χ1v) is 10.7. The van der Waals surface area contributed by atoms with Crippen molar-refractivity contribution in [3.8, 4) is 0 Å². The number of carbonyl (C=O) groups is 1. The lowest BCUT2D eigenvalue weighted by molar-refractivity contribution is -0.320. The summed E-state index contributed by atoms with van der Waals surface area (Å²) >= 11 is 0. The quantitative estimate of drug-likeness (QED) is 0.249. The molecule has 0 radical (unpaired) electrons. The summed E-state index contributed by atoms with van der Waals surface area (Å²) in [5.41, 5.74) is 7.69. The highest BCUT2D eigenvalue weighted by atomic mass is 19.1. The van der Waals surface area contributed by atoms with Gasteiger partial charge in [-0.1, -0.05) is 12.1 Å². The van der Waals surface area contributed by atoms with Crippen LogP contribution < -0.4 is 27.0 Å². The van der Waals surface area contributed by atoms with Crippen molar-refractivity contribution >= 4 is 5.91 Å². The monoisotopic (exact) mass is 479 g/mol. The summed E-state index contributed by atoms with van der Waals surface area (Å²) in [6, 6.07) is 4.82. The molecule has 0 aromatic heterocycles. The van der Waals surface area contributed by atoms with E-state index in [-0.39, 0.29) is 24.7 Å². The third-order valence-electron chi connectivity index (χ3n) is 5.07. The standard InChI is InChI=1S/C23H34FN5O5/c1-13-7-6-8-18(24)17(13)10-34-21-16(4)29-15(3)19(26-9-14(2)28-21)20(30)27-12-22(5,25)11-23(31,32)33/h6-9,26,28-29,31-33H,10-12,25H2,1-5H3,(H,27,30). The minimum absolute atomic E-state index is 0.00776. The molecule has 0 aliphatic carbocycles. The molecule has 2 rings (SSSR count). The van der Waals surface area contributed by atoms with Crippen LogP contribution in [0.3, 0.4) is 0 Å². The fourth-order valence-corrected chi connectivity index (χ4v) is 3.35. The molecule has 0 bridgehead atoms. The minimum Gasteiger partial charge on any atom is -0.473 e. The van der Waals surface area contributed by atoms with Gasteiger partial charge in [0.25, 0.3) is 11.9 Å². The molecule has 9 N–H and O–H groups in total. The topological polar surface area (TPSA) is 161 Å². The molecular formula is C23H34FN5O5. The number of allylic oxidation sites excluding steroid dienone is 3. The molecule has 1 heterocycles. The Kier molecular flexibility index (Phi) is 8.67. The zero-order chi connectivity index (χ0) is 25.7. The zero-order valence-corrected chi connectivity index (χ0v) is 20.0. The molecule has 0 spiro atoms. The number of hydrogen-bond donors (Lipinski definition) is 8. The van der Waals surface area contributed by atoms with Gasteiger partial charge in [0.15, 0.2) is 0 Å². The van der Waals surface area contributed by atoms with Gasteiger partial charge in [-0.25, -0.2) is 4.39 Å². The first-order chi connectivity index (χ1) is 15.7. The Morgan fingerprint density at radius 3 is 2.44 bits per heavy atom. The van der Waals surface area contributed by atoms with Gasteiger partial charge in [-0.05, 0) is 46.2 Å². The fourth-order valence-electron chi connectivity index (χ4n) is 3.35. The van der Waals surface area contributed by atoms with Crippen molar-refractivity contribution in [2.45, 2.75) is 59.2 Å². The van der Waals surface area contributed by atoms with Gasteiger partial charge < -0.3 is 47.1 Å². The van der Waals surface area contributed by atoms with Crippen LogP contribution in [0.1, 0.15) is 45.2 Å². The number of rotatable bonds is 8. The molecule has 1 aromatic rings. The normalized spacial score (nSPS) is 16.7. The second-order valence-corrected chi connectivity index (χ2v) is 8.79. The van der Waals surface area contributed by atoms with Crippen LogP contribution in [0.25, 0.3) is 0 Å². The van der Waals surface area contributed by atoms with Crippen molar-refractivity contribution in [3.05, 3.63) is 70.0 Å². The van der Waals surface area contributed by atoms with Crippen molar-refractivity contribution in [1.29, 1.82) is 0 Å². The van der Waals surface area contributed by atoms with E-state index < -0.39 is 23.8 Å². The van der Waals surface area contributed by atoms with E-state index in [2.05, 4.69) is 21.3 Å². The number of aryl methyl sites for hydroxylation is 1. The van der Waals surface area contributed by atoms with Crippen molar-refractivity contribution in [2.75, 3.05) is 6.54 Å². The number of hydrogen-bond acceptors (Lipinski definition) is 9. The summed E-state index contributed by atoms with van der Waals surface area (Å²) in [6.07, 6.45) is 0.995. The van der Waals surface area contributed by atoms with E-state index in [1.165, 1.54) is 13.0 Å². The molecule has 188 valence electrons. The zero-order valence-electron chi connectivity index (χ0n) is 20.0. The number of ether oxygens (including phenoxy) is 1. The summed E-state index contributed by atoms with van der Waals surface area (Å²) in [6.45, 7) is 8.32. The Bertz CT molecular complexity index is 991. The Hall–Kier alpha value is -3.12. The van der Waals surface area contributed by atoms with Crippen LogP contribution in [-0.4, -0.2) is 39.3 Å². The van der Waals surface area contributed by atoms with Crippen molar-refractivity contribution in [3.63, 3.8) is 0 Å². The molecule has 10 nitrogen and oxygen atoms in total. The van der Waals surface area contributed by atoms with E-state index in [0.717, 1.165) is 5.56 Å². The summed E-state index contributed by atoms with van der Waals surface area (Å²) in [7, 11) is 0. The minimum atomic E-state index is -2.95. The van der Waals surface area contributed by atoms with E-state index in [4.69, 9.17) is 10.5 Å². The van der Waals surface area contributed by atoms with E-state index >= 15 is 0 Å².